The number of aryl methyl sites for hydroxylation is 1. The zero-order valence-corrected chi connectivity index (χ0v) is 12.1. The summed E-state index contributed by atoms with van der Waals surface area (Å²) in [5.41, 5.74) is 0. The van der Waals surface area contributed by atoms with Crippen LogP contribution in [0.1, 0.15) is 32.0 Å². The minimum Gasteiger partial charge on any atom is -0.347 e. The third-order valence-electron chi connectivity index (χ3n) is 3.00. The third kappa shape index (κ3) is 2.94. The summed E-state index contributed by atoms with van der Waals surface area (Å²) in [4.78, 5) is 6.99. The van der Waals surface area contributed by atoms with Crippen molar-refractivity contribution in [2.24, 2.45) is 5.92 Å². The first-order valence-corrected chi connectivity index (χ1v) is 7.86. The van der Waals surface area contributed by atoms with E-state index >= 15 is 0 Å². The molecule has 1 unspecified atom stereocenters. The Kier molecular flexibility index (Phi) is 4.58. The molecule has 3 nitrogen and oxygen atoms in total. The maximum atomic E-state index is 4.60. The van der Waals surface area contributed by atoms with Crippen LogP contribution in [0, 0.1) is 5.92 Å². The van der Waals surface area contributed by atoms with E-state index in [1.54, 1.807) is 11.5 Å². The molecule has 1 fully saturated rings. The normalized spacial score (nSPS) is 20.6. The summed E-state index contributed by atoms with van der Waals surface area (Å²) in [5.74, 6) is 1.85. The van der Waals surface area contributed by atoms with Crippen molar-refractivity contribution in [1.82, 2.24) is 9.36 Å². The first-order valence-electron chi connectivity index (χ1n) is 5.97. The second-order valence-electron chi connectivity index (χ2n) is 4.32. The number of alkyl halides is 1. The second kappa shape index (κ2) is 5.96. The molecule has 1 aromatic rings. The number of aromatic nitrogens is 2. The molecule has 0 aliphatic carbocycles. The molecule has 16 heavy (non-hydrogen) atoms. The summed E-state index contributed by atoms with van der Waals surface area (Å²) in [7, 11) is 0. The molecule has 0 spiro atoms. The quantitative estimate of drug-likeness (QED) is 0.783. The number of rotatable bonds is 5. The molecule has 0 bridgehead atoms. The Labute approximate surface area is 110 Å². The number of hydrogen-bond acceptors (Lipinski definition) is 4. The summed E-state index contributed by atoms with van der Waals surface area (Å²) in [6, 6.07) is 0. The van der Waals surface area contributed by atoms with Crippen LogP contribution in [0.3, 0.4) is 0 Å². The van der Waals surface area contributed by atoms with Crippen LogP contribution in [0.2, 0.25) is 0 Å². The van der Waals surface area contributed by atoms with Crippen molar-refractivity contribution in [3.8, 4) is 0 Å². The monoisotopic (exact) mass is 303 g/mol. The van der Waals surface area contributed by atoms with Crippen molar-refractivity contribution in [3.63, 3.8) is 0 Å². The molecule has 2 rings (SSSR count). The van der Waals surface area contributed by atoms with Crippen molar-refractivity contribution in [2.45, 2.75) is 32.6 Å². The molecule has 0 amide bonds. The van der Waals surface area contributed by atoms with E-state index in [2.05, 4.69) is 37.1 Å². The van der Waals surface area contributed by atoms with Gasteiger partial charge in [-0.3, -0.25) is 0 Å². The topological polar surface area (TPSA) is 29.0 Å². The number of hydrogen-bond donors (Lipinski definition) is 0. The predicted octanol–water partition coefficient (Wildman–Crippen LogP) is 3.10. The standard InChI is InChI=1S/C11H18BrN3S/c1-2-3-10-13-11(16-14-10)15-7-5-9(8-15)4-6-12/h9H,2-8H2,1H3. The lowest BCUT2D eigenvalue weighted by Crippen LogP contribution is -2.19. The molecule has 1 aliphatic heterocycles. The van der Waals surface area contributed by atoms with Crippen LogP contribution in [-0.4, -0.2) is 27.8 Å². The Hall–Kier alpha value is -0.160. The number of nitrogens with zero attached hydrogens (tertiary/aromatic N) is 3. The molecule has 90 valence electrons. The molecule has 2 heterocycles. The number of halogens is 1. The van der Waals surface area contributed by atoms with E-state index in [4.69, 9.17) is 0 Å². The largest absolute Gasteiger partial charge is 0.347 e. The van der Waals surface area contributed by atoms with Gasteiger partial charge in [0.2, 0.25) is 5.13 Å². The van der Waals surface area contributed by atoms with Crippen LogP contribution in [0.4, 0.5) is 5.13 Å². The molecule has 1 atom stereocenters. The lowest BCUT2D eigenvalue weighted by molar-refractivity contribution is 0.576. The van der Waals surface area contributed by atoms with Crippen LogP contribution in [-0.2, 0) is 6.42 Å². The van der Waals surface area contributed by atoms with E-state index in [0.717, 1.165) is 48.1 Å². The van der Waals surface area contributed by atoms with Crippen LogP contribution in [0.15, 0.2) is 0 Å². The van der Waals surface area contributed by atoms with Crippen LogP contribution < -0.4 is 4.90 Å². The Morgan fingerprint density at radius 1 is 1.56 bits per heavy atom. The van der Waals surface area contributed by atoms with Crippen molar-refractivity contribution in [1.29, 1.82) is 0 Å². The Balaban J connectivity index is 1.92. The van der Waals surface area contributed by atoms with E-state index in [0.29, 0.717) is 0 Å². The Morgan fingerprint density at radius 2 is 2.44 bits per heavy atom. The van der Waals surface area contributed by atoms with Gasteiger partial charge in [0.25, 0.3) is 0 Å². The summed E-state index contributed by atoms with van der Waals surface area (Å²) < 4.78 is 4.40. The summed E-state index contributed by atoms with van der Waals surface area (Å²) in [5, 5.41) is 2.24. The summed E-state index contributed by atoms with van der Waals surface area (Å²) >= 11 is 5.08. The lowest BCUT2D eigenvalue weighted by Gasteiger charge is -2.13. The van der Waals surface area contributed by atoms with E-state index in [-0.39, 0.29) is 0 Å². The van der Waals surface area contributed by atoms with Crippen LogP contribution in [0.5, 0.6) is 0 Å². The first-order chi connectivity index (χ1) is 7.83. The van der Waals surface area contributed by atoms with Gasteiger partial charge in [0.1, 0.15) is 5.82 Å². The average molecular weight is 304 g/mol. The zero-order chi connectivity index (χ0) is 11.4. The van der Waals surface area contributed by atoms with Crippen molar-refractivity contribution >= 4 is 32.6 Å². The fourth-order valence-corrected chi connectivity index (χ4v) is 3.49. The van der Waals surface area contributed by atoms with Gasteiger partial charge >= 0.3 is 0 Å². The van der Waals surface area contributed by atoms with Gasteiger partial charge < -0.3 is 4.90 Å². The predicted molar refractivity (Wildman–Crippen MR) is 72.6 cm³/mol. The van der Waals surface area contributed by atoms with Crippen molar-refractivity contribution in [3.05, 3.63) is 5.82 Å². The van der Waals surface area contributed by atoms with Gasteiger partial charge in [0.05, 0.1) is 0 Å². The SMILES string of the molecule is CCCc1nsc(N2CCC(CCBr)C2)n1. The summed E-state index contributed by atoms with van der Waals surface area (Å²) in [6.07, 6.45) is 4.71. The summed E-state index contributed by atoms with van der Waals surface area (Å²) in [6.45, 7) is 4.48. The van der Waals surface area contributed by atoms with Gasteiger partial charge in [-0.2, -0.15) is 4.37 Å². The Bertz CT molecular complexity index is 329. The van der Waals surface area contributed by atoms with E-state index in [1.807, 2.05) is 0 Å². The maximum Gasteiger partial charge on any atom is 0.205 e. The van der Waals surface area contributed by atoms with Gasteiger partial charge in [0.15, 0.2) is 0 Å². The fraction of sp³-hybridized carbons (Fsp3) is 0.818. The Morgan fingerprint density at radius 3 is 3.19 bits per heavy atom. The number of anilines is 1. The molecule has 1 saturated heterocycles. The van der Waals surface area contributed by atoms with Gasteiger partial charge in [-0.25, -0.2) is 4.98 Å². The molecule has 0 aromatic carbocycles. The fourth-order valence-electron chi connectivity index (χ4n) is 2.09. The zero-order valence-electron chi connectivity index (χ0n) is 9.65. The van der Waals surface area contributed by atoms with E-state index < -0.39 is 0 Å². The van der Waals surface area contributed by atoms with Crippen molar-refractivity contribution < 1.29 is 0 Å². The van der Waals surface area contributed by atoms with Gasteiger partial charge in [-0.15, -0.1) is 0 Å². The molecular formula is C11H18BrN3S. The first kappa shape index (κ1) is 12.3. The van der Waals surface area contributed by atoms with E-state index in [9.17, 15) is 0 Å². The minimum absolute atomic E-state index is 0.831. The van der Waals surface area contributed by atoms with Gasteiger partial charge in [0, 0.05) is 36.4 Å². The van der Waals surface area contributed by atoms with Gasteiger partial charge in [-0.05, 0) is 25.2 Å². The molecule has 5 heteroatoms. The molecular weight excluding hydrogens is 286 g/mol. The average Bonchev–Trinajstić information content (AvgIpc) is 2.87. The highest BCUT2D eigenvalue weighted by molar-refractivity contribution is 9.09. The molecule has 0 radical (unpaired) electrons. The smallest absolute Gasteiger partial charge is 0.205 e. The maximum absolute atomic E-state index is 4.60. The molecule has 0 saturated carbocycles. The van der Waals surface area contributed by atoms with Gasteiger partial charge in [-0.1, -0.05) is 22.9 Å². The third-order valence-corrected chi connectivity index (χ3v) is 4.28. The minimum atomic E-state index is 0.831. The highest BCUT2D eigenvalue weighted by Crippen LogP contribution is 2.27. The second-order valence-corrected chi connectivity index (χ2v) is 5.84. The molecule has 1 aromatic heterocycles. The highest BCUT2D eigenvalue weighted by Gasteiger charge is 2.24. The highest BCUT2D eigenvalue weighted by atomic mass is 79.9. The van der Waals surface area contributed by atoms with Crippen LogP contribution in [0.25, 0.3) is 0 Å². The van der Waals surface area contributed by atoms with Crippen molar-refractivity contribution in [2.75, 3.05) is 23.3 Å². The lowest BCUT2D eigenvalue weighted by atomic mass is 10.1. The van der Waals surface area contributed by atoms with E-state index in [1.165, 1.54) is 12.8 Å². The molecule has 1 aliphatic rings. The molecule has 0 N–H and O–H groups in total. The van der Waals surface area contributed by atoms with Crippen LogP contribution >= 0.6 is 27.5 Å².